The third kappa shape index (κ3) is 5.29. The molecule has 0 saturated carbocycles. The van der Waals surface area contributed by atoms with Crippen LogP contribution in [0.25, 0.3) is 0 Å². The van der Waals surface area contributed by atoms with E-state index in [0.29, 0.717) is 19.6 Å². The molecule has 0 aliphatic rings. The van der Waals surface area contributed by atoms with Crippen molar-refractivity contribution in [2.24, 2.45) is 0 Å². The van der Waals surface area contributed by atoms with Crippen molar-refractivity contribution in [3.63, 3.8) is 0 Å². The fourth-order valence-corrected chi connectivity index (χ4v) is 1.65. The molecule has 0 bridgehead atoms. The zero-order valence-electron chi connectivity index (χ0n) is 11.3. The number of carbonyl (C=O) groups is 1. The number of aromatic nitrogens is 2. The fraction of sp³-hybridized carbons (Fsp3) is 0.667. The maximum Gasteiger partial charge on any atom is 0.226 e. The van der Waals surface area contributed by atoms with Crippen molar-refractivity contribution in [3.8, 4) is 0 Å². The van der Waals surface area contributed by atoms with E-state index in [1.165, 1.54) is 0 Å². The van der Waals surface area contributed by atoms with Crippen molar-refractivity contribution >= 4 is 11.6 Å². The van der Waals surface area contributed by atoms with E-state index < -0.39 is 0 Å². The first-order valence-electron chi connectivity index (χ1n) is 6.20. The first-order valence-corrected chi connectivity index (χ1v) is 6.20. The molecule has 1 heterocycles. The molecule has 0 spiro atoms. The number of hydrogen-bond donors (Lipinski definition) is 2. The van der Waals surface area contributed by atoms with Crippen LogP contribution in [0.4, 0.5) is 5.69 Å². The predicted molar refractivity (Wildman–Crippen MR) is 70.5 cm³/mol. The van der Waals surface area contributed by atoms with Gasteiger partial charge in [0.1, 0.15) is 0 Å². The maximum atomic E-state index is 11.7. The van der Waals surface area contributed by atoms with Crippen LogP contribution in [-0.4, -0.2) is 42.0 Å². The Morgan fingerprint density at radius 2 is 2.39 bits per heavy atom. The summed E-state index contributed by atoms with van der Waals surface area (Å²) in [5.41, 5.74) is 0.722. The summed E-state index contributed by atoms with van der Waals surface area (Å²) in [7, 11) is 1.65. The monoisotopic (exact) mass is 254 g/mol. The highest BCUT2D eigenvalue weighted by Crippen LogP contribution is 2.06. The molecule has 0 aliphatic heterocycles. The molecule has 1 unspecified atom stereocenters. The molecule has 1 amide bonds. The Hall–Kier alpha value is -1.40. The number of carbonyl (C=O) groups excluding carboxylic acids is 1. The van der Waals surface area contributed by atoms with Gasteiger partial charge in [-0.3, -0.25) is 9.48 Å². The second kappa shape index (κ2) is 7.84. The fourth-order valence-electron chi connectivity index (χ4n) is 1.65. The summed E-state index contributed by atoms with van der Waals surface area (Å²) in [5.74, 6) is -0.00487. The van der Waals surface area contributed by atoms with Gasteiger partial charge in [-0.15, -0.1) is 0 Å². The van der Waals surface area contributed by atoms with E-state index in [1.807, 2.05) is 13.8 Å². The third-order valence-corrected chi connectivity index (χ3v) is 2.49. The van der Waals surface area contributed by atoms with Crippen molar-refractivity contribution in [2.45, 2.75) is 32.9 Å². The molecule has 1 rings (SSSR count). The zero-order valence-corrected chi connectivity index (χ0v) is 11.3. The van der Waals surface area contributed by atoms with Crippen LogP contribution in [0.1, 0.15) is 20.3 Å². The van der Waals surface area contributed by atoms with Crippen molar-refractivity contribution < 1.29 is 9.53 Å². The van der Waals surface area contributed by atoms with Crippen LogP contribution in [-0.2, 0) is 16.1 Å². The number of anilines is 1. The van der Waals surface area contributed by atoms with E-state index in [0.717, 1.165) is 12.2 Å². The van der Waals surface area contributed by atoms with Gasteiger partial charge in [0.2, 0.25) is 5.91 Å². The highest BCUT2D eigenvalue weighted by molar-refractivity contribution is 5.90. The Bertz CT molecular complexity index is 365. The standard InChI is InChI=1S/C12H22N4O2/c1-4-13-10(2)7-12(17)15-11-8-14-16(9-11)5-6-18-3/h8-10,13H,4-7H2,1-3H3,(H,15,17). The van der Waals surface area contributed by atoms with Crippen LogP contribution in [0.15, 0.2) is 12.4 Å². The van der Waals surface area contributed by atoms with Crippen molar-refractivity contribution in [2.75, 3.05) is 25.6 Å². The molecule has 6 heteroatoms. The summed E-state index contributed by atoms with van der Waals surface area (Å²) < 4.78 is 6.70. The highest BCUT2D eigenvalue weighted by Gasteiger charge is 2.09. The number of ether oxygens (including phenoxy) is 1. The van der Waals surface area contributed by atoms with E-state index in [9.17, 15) is 4.79 Å². The van der Waals surface area contributed by atoms with Gasteiger partial charge in [0.05, 0.1) is 25.0 Å². The molecule has 6 nitrogen and oxygen atoms in total. The van der Waals surface area contributed by atoms with Crippen LogP contribution < -0.4 is 10.6 Å². The zero-order chi connectivity index (χ0) is 13.4. The molecule has 1 atom stereocenters. The van der Waals surface area contributed by atoms with Gasteiger partial charge in [-0.2, -0.15) is 5.10 Å². The molecule has 0 fully saturated rings. The third-order valence-electron chi connectivity index (χ3n) is 2.49. The van der Waals surface area contributed by atoms with Crippen molar-refractivity contribution in [1.29, 1.82) is 0 Å². The quantitative estimate of drug-likeness (QED) is 0.722. The molecule has 2 N–H and O–H groups in total. The maximum absolute atomic E-state index is 11.7. The van der Waals surface area contributed by atoms with Crippen LogP contribution >= 0.6 is 0 Å². The van der Waals surface area contributed by atoms with Gasteiger partial charge >= 0.3 is 0 Å². The Labute approximate surface area is 108 Å². The van der Waals surface area contributed by atoms with Crippen LogP contribution in [0, 0.1) is 0 Å². The molecular formula is C12H22N4O2. The summed E-state index contributed by atoms with van der Waals surface area (Å²) in [6.07, 6.45) is 3.90. The minimum atomic E-state index is -0.00487. The summed E-state index contributed by atoms with van der Waals surface area (Å²) in [6.45, 7) is 6.16. The Morgan fingerprint density at radius 1 is 1.61 bits per heavy atom. The van der Waals surface area contributed by atoms with Gasteiger partial charge in [-0.05, 0) is 13.5 Å². The molecule has 0 saturated heterocycles. The lowest BCUT2D eigenvalue weighted by molar-refractivity contribution is -0.116. The average molecular weight is 254 g/mol. The van der Waals surface area contributed by atoms with Gasteiger partial charge in [0.25, 0.3) is 0 Å². The minimum Gasteiger partial charge on any atom is -0.383 e. The smallest absolute Gasteiger partial charge is 0.226 e. The number of rotatable bonds is 8. The summed E-state index contributed by atoms with van der Waals surface area (Å²) in [4.78, 5) is 11.7. The molecule has 1 aromatic heterocycles. The number of methoxy groups -OCH3 is 1. The van der Waals surface area contributed by atoms with E-state index in [2.05, 4.69) is 15.7 Å². The van der Waals surface area contributed by atoms with Gasteiger partial charge in [-0.25, -0.2) is 0 Å². The number of hydrogen-bond acceptors (Lipinski definition) is 4. The Morgan fingerprint density at radius 3 is 3.06 bits per heavy atom. The lowest BCUT2D eigenvalue weighted by atomic mass is 10.2. The molecule has 102 valence electrons. The number of nitrogens with one attached hydrogen (secondary N) is 2. The van der Waals surface area contributed by atoms with Crippen molar-refractivity contribution in [1.82, 2.24) is 15.1 Å². The molecular weight excluding hydrogens is 232 g/mol. The van der Waals surface area contributed by atoms with Crippen LogP contribution in [0.5, 0.6) is 0 Å². The first kappa shape index (κ1) is 14.7. The summed E-state index contributed by atoms with van der Waals surface area (Å²) >= 11 is 0. The van der Waals surface area contributed by atoms with Gasteiger partial charge < -0.3 is 15.4 Å². The molecule has 1 aromatic rings. The van der Waals surface area contributed by atoms with E-state index in [1.54, 1.807) is 24.2 Å². The lowest BCUT2D eigenvalue weighted by Gasteiger charge is -2.11. The second-order valence-corrected chi connectivity index (χ2v) is 4.20. The molecule has 0 radical (unpaired) electrons. The molecule has 0 aromatic carbocycles. The number of amides is 1. The van der Waals surface area contributed by atoms with Crippen LogP contribution in [0.3, 0.4) is 0 Å². The lowest BCUT2D eigenvalue weighted by Crippen LogP contribution is -2.30. The second-order valence-electron chi connectivity index (χ2n) is 4.20. The largest absolute Gasteiger partial charge is 0.383 e. The summed E-state index contributed by atoms with van der Waals surface area (Å²) in [6, 6.07) is 0.179. The van der Waals surface area contributed by atoms with E-state index in [-0.39, 0.29) is 11.9 Å². The molecule has 0 aliphatic carbocycles. The van der Waals surface area contributed by atoms with E-state index in [4.69, 9.17) is 4.74 Å². The summed E-state index contributed by atoms with van der Waals surface area (Å²) in [5, 5.41) is 10.2. The van der Waals surface area contributed by atoms with Crippen molar-refractivity contribution in [3.05, 3.63) is 12.4 Å². The van der Waals surface area contributed by atoms with Crippen LogP contribution in [0.2, 0.25) is 0 Å². The average Bonchev–Trinajstić information content (AvgIpc) is 2.74. The molecule has 18 heavy (non-hydrogen) atoms. The highest BCUT2D eigenvalue weighted by atomic mass is 16.5. The van der Waals surface area contributed by atoms with Gasteiger partial charge in [-0.1, -0.05) is 6.92 Å². The normalized spacial score (nSPS) is 12.4. The topological polar surface area (TPSA) is 68.2 Å². The SMILES string of the molecule is CCNC(C)CC(=O)Nc1cnn(CCOC)c1. The van der Waals surface area contributed by atoms with Gasteiger partial charge in [0.15, 0.2) is 0 Å². The van der Waals surface area contributed by atoms with Gasteiger partial charge in [0, 0.05) is 25.8 Å². The number of nitrogens with zero attached hydrogens (tertiary/aromatic N) is 2. The first-order chi connectivity index (χ1) is 8.65. The predicted octanol–water partition coefficient (Wildman–Crippen LogP) is 0.856. The van der Waals surface area contributed by atoms with E-state index >= 15 is 0 Å². The Kier molecular flexibility index (Phi) is 6.38. The minimum absolute atomic E-state index is 0.00487. The Balaban J connectivity index is 2.37.